The number of nitrogens with one attached hydrogen (secondary N) is 2. The molecule has 0 spiro atoms. The van der Waals surface area contributed by atoms with Gasteiger partial charge in [0.1, 0.15) is 0 Å². The first-order valence-corrected chi connectivity index (χ1v) is 10.4. The number of alkyl halides is 3. The molecular formula is C23H22F3N5O2. The predicted molar refractivity (Wildman–Crippen MR) is 115 cm³/mol. The van der Waals surface area contributed by atoms with Gasteiger partial charge in [0.2, 0.25) is 5.91 Å². The van der Waals surface area contributed by atoms with Crippen LogP contribution in [-0.4, -0.2) is 26.6 Å². The summed E-state index contributed by atoms with van der Waals surface area (Å²) in [5.74, 6) is -0.0512. The smallest absolute Gasteiger partial charge is 0.345 e. The number of hydrogen-bond acceptors (Lipinski definition) is 4. The van der Waals surface area contributed by atoms with Gasteiger partial charge in [0.05, 0.1) is 29.1 Å². The van der Waals surface area contributed by atoms with E-state index in [9.17, 15) is 22.8 Å². The Bertz CT molecular complexity index is 1170. The molecule has 2 amide bonds. The fourth-order valence-electron chi connectivity index (χ4n) is 3.35. The predicted octanol–water partition coefficient (Wildman–Crippen LogP) is 4.43. The van der Waals surface area contributed by atoms with E-state index in [1.54, 1.807) is 19.1 Å². The Labute approximate surface area is 188 Å². The van der Waals surface area contributed by atoms with Crippen LogP contribution < -0.4 is 10.6 Å². The zero-order chi connectivity index (χ0) is 23.8. The molecule has 4 rings (SSSR count). The van der Waals surface area contributed by atoms with Gasteiger partial charge in [-0.25, -0.2) is 9.67 Å². The number of carbonyl (C=O) groups excluding carboxylic acids is 2. The summed E-state index contributed by atoms with van der Waals surface area (Å²) in [7, 11) is 0. The molecule has 172 valence electrons. The molecule has 1 atom stereocenters. The molecule has 1 saturated carbocycles. The normalized spacial score (nSPS) is 14.6. The van der Waals surface area contributed by atoms with Crippen molar-refractivity contribution in [2.75, 3.05) is 5.32 Å². The topological polar surface area (TPSA) is 88.9 Å². The average Bonchev–Trinajstić information content (AvgIpc) is 3.56. The van der Waals surface area contributed by atoms with E-state index in [0.717, 1.165) is 30.7 Å². The lowest BCUT2D eigenvalue weighted by Gasteiger charge is -2.15. The van der Waals surface area contributed by atoms with Gasteiger partial charge in [-0.05, 0) is 56.5 Å². The maximum Gasteiger partial charge on any atom is 0.417 e. The highest BCUT2D eigenvalue weighted by Gasteiger charge is 2.31. The fourth-order valence-corrected chi connectivity index (χ4v) is 3.35. The Morgan fingerprint density at radius 3 is 2.36 bits per heavy atom. The van der Waals surface area contributed by atoms with Crippen LogP contribution in [0.25, 0.3) is 5.82 Å². The van der Waals surface area contributed by atoms with Crippen molar-refractivity contribution in [1.82, 2.24) is 20.1 Å². The van der Waals surface area contributed by atoms with Crippen LogP contribution in [-0.2, 0) is 11.0 Å². The number of hydrogen-bond donors (Lipinski definition) is 2. The lowest BCUT2D eigenvalue weighted by Crippen LogP contribution is -2.27. The minimum absolute atomic E-state index is 0.0270. The highest BCUT2D eigenvalue weighted by Crippen LogP contribution is 2.30. The van der Waals surface area contributed by atoms with E-state index in [-0.39, 0.29) is 35.2 Å². The largest absolute Gasteiger partial charge is 0.417 e. The number of aromatic nitrogens is 3. The van der Waals surface area contributed by atoms with Crippen LogP contribution in [0.3, 0.4) is 0 Å². The number of rotatable bonds is 6. The van der Waals surface area contributed by atoms with E-state index in [4.69, 9.17) is 0 Å². The minimum Gasteiger partial charge on any atom is -0.345 e. The van der Waals surface area contributed by atoms with Gasteiger partial charge < -0.3 is 10.6 Å². The van der Waals surface area contributed by atoms with Crippen molar-refractivity contribution < 1.29 is 22.8 Å². The molecular weight excluding hydrogens is 435 g/mol. The zero-order valence-electron chi connectivity index (χ0n) is 18.0. The third-order valence-corrected chi connectivity index (χ3v) is 5.52. The highest BCUT2D eigenvalue weighted by atomic mass is 19.4. The van der Waals surface area contributed by atoms with Gasteiger partial charge in [0.25, 0.3) is 5.91 Å². The Hall–Kier alpha value is -3.69. The Balaban J connectivity index is 1.42. The van der Waals surface area contributed by atoms with Crippen LogP contribution in [0.4, 0.5) is 18.9 Å². The number of benzene rings is 1. The van der Waals surface area contributed by atoms with Gasteiger partial charge in [-0.1, -0.05) is 12.1 Å². The molecule has 0 radical (unpaired) electrons. The third kappa shape index (κ3) is 5.05. The fraction of sp³-hybridized carbons (Fsp3) is 0.304. The number of amides is 2. The highest BCUT2D eigenvalue weighted by molar-refractivity contribution is 5.95. The summed E-state index contributed by atoms with van der Waals surface area (Å²) in [4.78, 5) is 28.5. The number of pyridine rings is 1. The van der Waals surface area contributed by atoms with Crippen molar-refractivity contribution in [3.05, 3.63) is 71.2 Å². The summed E-state index contributed by atoms with van der Waals surface area (Å²) in [5.41, 5.74) is 1.43. The van der Waals surface area contributed by atoms with Crippen molar-refractivity contribution in [3.8, 4) is 5.82 Å². The van der Waals surface area contributed by atoms with Crippen LogP contribution in [0, 0.1) is 12.8 Å². The lowest BCUT2D eigenvalue weighted by atomic mass is 10.1. The summed E-state index contributed by atoms with van der Waals surface area (Å²) >= 11 is 0. The monoisotopic (exact) mass is 457 g/mol. The number of anilines is 1. The van der Waals surface area contributed by atoms with Crippen LogP contribution >= 0.6 is 0 Å². The van der Waals surface area contributed by atoms with Crippen LogP contribution in [0.15, 0.2) is 48.8 Å². The molecule has 2 heterocycles. The minimum atomic E-state index is -4.48. The zero-order valence-corrected chi connectivity index (χ0v) is 18.0. The second-order valence-electron chi connectivity index (χ2n) is 8.04. The van der Waals surface area contributed by atoms with Gasteiger partial charge in [-0.2, -0.15) is 18.3 Å². The summed E-state index contributed by atoms with van der Waals surface area (Å²) in [6.45, 7) is 3.47. The molecule has 1 fully saturated rings. The lowest BCUT2D eigenvalue weighted by molar-refractivity contribution is -0.137. The standard InChI is InChI=1S/C23H22F3N5O2/c1-13(15-5-8-18(9-6-15)30-21(32)16-3-4-16)29-22(33)19-12-28-31(14(19)2)20-10-7-17(11-27-20)23(24,25)26/h5-13,16H,3-4H2,1-2H3,(H,29,33)(H,30,32). The summed E-state index contributed by atoms with van der Waals surface area (Å²) in [5, 5.41) is 9.86. The molecule has 1 aliphatic carbocycles. The second kappa shape index (κ2) is 8.68. The Morgan fingerprint density at radius 2 is 1.79 bits per heavy atom. The Morgan fingerprint density at radius 1 is 1.09 bits per heavy atom. The number of halogens is 3. The summed E-state index contributed by atoms with van der Waals surface area (Å²) < 4.78 is 39.6. The van der Waals surface area contributed by atoms with Crippen LogP contribution in [0.1, 0.15) is 53.0 Å². The molecule has 0 aliphatic heterocycles. The quantitative estimate of drug-likeness (QED) is 0.573. The molecule has 7 nitrogen and oxygen atoms in total. The first kappa shape index (κ1) is 22.5. The van der Waals surface area contributed by atoms with Gasteiger partial charge in [0, 0.05) is 17.8 Å². The van der Waals surface area contributed by atoms with Crippen molar-refractivity contribution >= 4 is 17.5 Å². The number of nitrogens with zero attached hydrogens (tertiary/aromatic N) is 3. The van der Waals surface area contributed by atoms with Gasteiger partial charge in [-0.15, -0.1) is 0 Å². The molecule has 1 unspecified atom stereocenters. The van der Waals surface area contributed by atoms with Gasteiger partial charge in [0.15, 0.2) is 5.82 Å². The molecule has 0 saturated heterocycles. The van der Waals surface area contributed by atoms with Crippen molar-refractivity contribution in [1.29, 1.82) is 0 Å². The van der Waals surface area contributed by atoms with Gasteiger partial charge in [-0.3, -0.25) is 9.59 Å². The van der Waals surface area contributed by atoms with Crippen LogP contribution in [0.2, 0.25) is 0 Å². The molecule has 1 aliphatic rings. The first-order chi connectivity index (χ1) is 15.6. The second-order valence-corrected chi connectivity index (χ2v) is 8.04. The Kier molecular flexibility index (Phi) is 5.92. The van der Waals surface area contributed by atoms with Gasteiger partial charge >= 0.3 is 6.18 Å². The summed E-state index contributed by atoms with van der Waals surface area (Å²) in [6, 6.07) is 9.04. The molecule has 3 aromatic rings. The summed E-state index contributed by atoms with van der Waals surface area (Å²) in [6.07, 6.45) is -0.537. The van der Waals surface area contributed by atoms with E-state index in [1.807, 2.05) is 19.1 Å². The van der Waals surface area contributed by atoms with Crippen molar-refractivity contribution in [3.63, 3.8) is 0 Å². The molecule has 10 heteroatoms. The maximum atomic E-state index is 12.8. The first-order valence-electron chi connectivity index (χ1n) is 10.4. The third-order valence-electron chi connectivity index (χ3n) is 5.52. The SMILES string of the molecule is Cc1c(C(=O)NC(C)c2ccc(NC(=O)C3CC3)cc2)cnn1-c1ccc(C(F)(F)F)cn1. The molecule has 2 N–H and O–H groups in total. The van der Waals surface area contributed by atoms with E-state index in [1.165, 1.54) is 16.9 Å². The molecule has 2 aromatic heterocycles. The van der Waals surface area contributed by atoms with E-state index in [2.05, 4.69) is 20.7 Å². The van der Waals surface area contributed by atoms with Crippen molar-refractivity contribution in [2.24, 2.45) is 5.92 Å². The number of carbonyl (C=O) groups is 2. The van der Waals surface area contributed by atoms with E-state index in [0.29, 0.717) is 11.4 Å². The molecule has 1 aromatic carbocycles. The van der Waals surface area contributed by atoms with Crippen LogP contribution in [0.5, 0.6) is 0 Å². The van der Waals surface area contributed by atoms with E-state index < -0.39 is 11.7 Å². The molecule has 0 bridgehead atoms. The average molecular weight is 457 g/mol. The van der Waals surface area contributed by atoms with E-state index >= 15 is 0 Å². The molecule has 33 heavy (non-hydrogen) atoms. The maximum absolute atomic E-state index is 12.8. The van der Waals surface area contributed by atoms with Crippen molar-refractivity contribution in [2.45, 2.75) is 38.9 Å².